The van der Waals surface area contributed by atoms with Gasteiger partial charge >= 0.3 is 0 Å². The second-order valence-corrected chi connectivity index (χ2v) is 6.37. The number of methoxy groups -OCH3 is 1. The number of ether oxygens (including phenoxy) is 1. The van der Waals surface area contributed by atoms with Gasteiger partial charge in [-0.1, -0.05) is 13.8 Å². The van der Waals surface area contributed by atoms with Crippen molar-refractivity contribution in [1.82, 2.24) is 9.80 Å². The third-order valence-corrected chi connectivity index (χ3v) is 4.19. The van der Waals surface area contributed by atoms with Crippen molar-refractivity contribution in [2.45, 2.75) is 33.4 Å². The molecule has 0 radical (unpaired) electrons. The van der Waals surface area contributed by atoms with Crippen molar-refractivity contribution >= 4 is 5.91 Å². The maximum absolute atomic E-state index is 14.1. The van der Waals surface area contributed by atoms with E-state index in [1.807, 2.05) is 9.80 Å². The van der Waals surface area contributed by atoms with E-state index in [9.17, 15) is 13.6 Å². The van der Waals surface area contributed by atoms with Crippen LogP contribution in [0.3, 0.4) is 0 Å². The first-order chi connectivity index (χ1) is 10.8. The first-order valence-corrected chi connectivity index (χ1v) is 7.88. The Bertz CT molecular complexity index is 578. The highest BCUT2D eigenvalue weighted by atomic mass is 19.2. The van der Waals surface area contributed by atoms with E-state index in [1.165, 1.54) is 13.2 Å². The summed E-state index contributed by atoms with van der Waals surface area (Å²) in [6.07, 6.45) is 0. The van der Waals surface area contributed by atoms with Crippen molar-refractivity contribution in [3.63, 3.8) is 0 Å². The lowest BCUT2D eigenvalue weighted by molar-refractivity contribution is -0.142. The van der Waals surface area contributed by atoms with E-state index in [2.05, 4.69) is 13.8 Å². The largest absolute Gasteiger partial charge is 0.496 e. The van der Waals surface area contributed by atoms with Gasteiger partial charge in [-0.2, -0.15) is 0 Å². The highest BCUT2D eigenvalue weighted by Gasteiger charge is 2.32. The molecule has 0 bridgehead atoms. The van der Waals surface area contributed by atoms with E-state index < -0.39 is 11.6 Å². The lowest BCUT2D eigenvalue weighted by atomic mass is 10.1. The Balaban J connectivity index is 2.16. The number of rotatable bonds is 5. The third-order valence-electron chi connectivity index (χ3n) is 4.19. The number of hydrogen-bond donors (Lipinski definition) is 0. The first kappa shape index (κ1) is 17.7. The van der Waals surface area contributed by atoms with E-state index in [1.54, 1.807) is 6.92 Å². The summed E-state index contributed by atoms with van der Waals surface area (Å²) in [5, 5.41) is 0. The summed E-state index contributed by atoms with van der Waals surface area (Å²) in [6.45, 7) is 8.02. The summed E-state index contributed by atoms with van der Waals surface area (Å²) < 4.78 is 32.7. The van der Waals surface area contributed by atoms with Gasteiger partial charge in [-0.3, -0.25) is 9.69 Å². The quantitative estimate of drug-likeness (QED) is 0.834. The van der Waals surface area contributed by atoms with Crippen LogP contribution in [0, 0.1) is 17.6 Å². The Labute approximate surface area is 136 Å². The minimum absolute atomic E-state index is 0.0285. The zero-order valence-electron chi connectivity index (χ0n) is 14.1. The van der Waals surface area contributed by atoms with Crippen molar-refractivity contribution < 1.29 is 18.3 Å². The van der Waals surface area contributed by atoms with E-state index in [0.29, 0.717) is 31.3 Å². The average Bonchev–Trinajstić information content (AvgIpc) is 2.51. The molecule has 1 atom stereocenters. The van der Waals surface area contributed by atoms with Gasteiger partial charge in [0.15, 0.2) is 11.6 Å². The Morgan fingerprint density at radius 1 is 1.30 bits per heavy atom. The Kier molecular flexibility index (Phi) is 5.57. The smallest absolute Gasteiger partial charge is 0.239 e. The Hall–Kier alpha value is -1.69. The van der Waals surface area contributed by atoms with Gasteiger partial charge in [-0.05, 0) is 25.0 Å². The number of hydrogen-bond acceptors (Lipinski definition) is 3. The van der Waals surface area contributed by atoms with Crippen molar-refractivity contribution in [3.8, 4) is 5.75 Å². The molecule has 128 valence electrons. The third kappa shape index (κ3) is 3.80. The average molecular weight is 326 g/mol. The zero-order valence-corrected chi connectivity index (χ0v) is 14.1. The molecule has 1 aliphatic heterocycles. The van der Waals surface area contributed by atoms with Gasteiger partial charge in [0, 0.05) is 31.7 Å². The molecule has 1 saturated heterocycles. The molecule has 0 N–H and O–H groups in total. The Morgan fingerprint density at radius 2 is 2.00 bits per heavy atom. The molecule has 0 unspecified atom stereocenters. The highest BCUT2D eigenvalue weighted by Crippen LogP contribution is 2.27. The molecule has 0 aliphatic carbocycles. The summed E-state index contributed by atoms with van der Waals surface area (Å²) in [7, 11) is 1.42. The minimum Gasteiger partial charge on any atom is -0.496 e. The summed E-state index contributed by atoms with van der Waals surface area (Å²) in [5.74, 6) is -1.08. The van der Waals surface area contributed by atoms with E-state index in [0.717, 1.165) is 6.07 Å². The number of nitrogens with zero attached hydrogens (tertiary/aromatic N) is 2. The van der Waals surface area contributed by atoms with Crippen molar-refractivity contribution in [2.75, 3.05) is 26.7 Å². The molecule has 0 spiro atoms. The number of carbonyl (C=O) groups is 1. The lowest BCUT2D eigenvalue weighted by Crippen LogP contribution is -2.56. The topological polar surface area (TPSA) is 32.8 Å². The van der Waals surface area contributed by atoms with Crippen LogP contribution >= 0.6 is 0 Å². The van der Waals surface area contributed by atoms with Gasteiger partial charge in [-0.25, -0.2) is 8.78 Å². The van der Waals surface area contributed by atoms with E-state index in [4.69, 9.17) is 4.74 Å². The van der Waals surface area contributed by atoms with Crippen LogP contribution in [0.15, 0.2) is 12.1 Å². The summed E-state index contributed by atoms with van der Waals surface area (Å²) >= 11 is 0. The number of piperazine rings is 1. The molecule has 1 heterocycles. The van der Waals surface area contributed by atoms with Crippen LogP contribution < -0.4 is 4.74 Å². The molecule has 0 aromatic heterocycles. The van der Waals surface area contributed by atoms with Crippen LogP contribution in [0.4, 0.5) is 8.78 Å². The number of carbonyl (C=O) groups excluding carboxylic acids is 1. The highest BCUT2D eigenvalue weighted by molar-refractivity contribution is 5.82. The zero-order chi connectivity index (χ0) is 17.1. The van der Waals surface area contributed by atoms with Gasteiger partial charge < -0.3 is 9.64 Å². The second kappa shape index (κ2) is 7.25. The van der Waals surface area contributed by atoms with Gasteiger partial charge in [0.2, 0.25) is 5.91 Å². The predicted molar refractivity (Wildman–Crippen MR) is 84.2 cm³/mol. The van der Waals surface area contributed by atoms with Crippen molar-refractivity contribution in [2.24, 2.45) is 5.92 Å². The summed E-state index contributed by atoms with van der Waals surface area (Å²) in [6, 6.07) is 2.09. The SMILES string of the molecule is COc1ccc(F)c(F)c1CN1CCN(CC(C)C)C(=O)[C@@H]1C. The first-order valence-electron chi connectivity index (χ1n) is 7.88. The van der Waals surface area contributed by atoms with Crippen LogP contribution in [0.2, 0.25) is 0 Å². The van der Waals surface area contributed by atoms with Crippen LogP contribution in [0.5, 0.6) is 5.75 Å². The predicted octanol–water partition coefficient (Wildman–Crippen LogP) is 2.66. The van der Waals surface area contributed by atoms with Crippen molar-refractivity contribution in [1.29, 1.82) is 0 Å². The van der Waals surface area contributed by atoms with Gasteiger partial charge in [0.25, 0.3) is 0 Å². The molecule has 4 nitrogen and oxygen atoms in total. The molecule has 1 amide bonds. The van der Waals surface area contributed by atoms with Gasteiger partial charge in [-0.15, -0.1) is 0 Å². The fourth-order valence-electron chi connectivity index (χ4n) is 2.93. The number of benzene rings is 1. The van der Waals surface area contributed by atoms with E-state index in [-0.39, 0.29) is 24.1 Å². The van der Waals surface area contributed by atoms with Gasteiger partial charge in [0.1, 0.15) is 5.75 Å². The second-order valence-electron chi connectivity index (χ2n) is 6.37. The van der Waals surface area contributed by atoms with Crippen LogP contribution in [0.25, 0.3) is 0 Å². The van der Waals surface area contributed by atoms with Crippen molar-refractivity contribution in [3.05, 3.63) is 29.3 Å². The maximum Gasteiger partial charge on any atom is 0.239 e. The van der Waals surface area contributed by atoms with Crippen LogP contribution in [-0.2, 0) is 11.3 Å². The molecule has 2 rings (SSSR count). The molecule has 1 fully saturated rings. The standard InChI is InChI=1S/C17H24F2N2O2/c1-11(2)9-21-8-7-20(12(3)17(21)22)10-13-15(23-4)6-5-14(18)16(13)19/h5-6,11-12H,7-10H2,1-4H3/t12-/m0/s1. The fourth-order valence-corrected chi connectivity index (χ4v) is 2.93. The molecule has 0 saturated carbocycles. The molecular formula is C17H24F2N2O2. The van der Waals surface area contributed by atoms with Crippen LogP contribution in [-0.4, -0.2) is 48.5 Å². The monoisotopic (exact) mass is 326 g/mol. The molecule has 1 aliphatic rings. The maximum atomic E-state index is 14.1. The molecule has 1 aromatic rings. The normalized spacial score (nSPS) is 19.5. The molecule has 6 heteroatoms. The minimum atomic E-state index is -0.909. The number of amides is 1. The Morgan fingerprint density at radius 3 is 2.61 bits per heavy atom. The molecule has 1 aromatic carbocycles. The summed E-state index contributed by atoms with van der Waals surface area (Å²) in [5.41, 5.74) is 0.157. The number of halogens is 2. The van der Waals surface area contributed by atoms with Gasteiger partial charge in [0.05, 0.1) is 13.2 Å². The fraction of sp³-hybridized carbons (Fsp3) is 0.588. The van der Waals surface area contributed by atoms with E-state index >= 15 is 0 Å². The molecular weight excluding hydrogens is 302 g/mol. The lowest BCUT2D eigenvalue weighted by Gasteiger charge is -2.40. The van der Waals surface area contributed by atoms with Crippen LogP contribution in [0.1, 0.15) is 26.3 Å². The summed E-state index contributed by atoms with van der Waals surface area (Å²) in [4.78, 5) is 16.2. The molecule has 23 heavy (non-hydrogen) atoms.